The van der Waals surface area contributed by atoms with Gasteiger partial charge < -0.3 is 10.2 Å². The molecule has 0 aromatic carbocycles. The number of hydrogen-bond donors (Lipinski definition) is 1. The van der Waals surface area contributed by atoms with Crippen molar-refractivity contribution < 1.29 is 0 Å². The minimum absolute atomic E-state index is 0.791. The zero-order valence-corrected chi connectivity index (χ0v) is 8.76. The molecule has 0 saturated carbocycles. The van der Waals surface area contributed by atoms with Gasteiger partial charge in [0.1, 0.15) is 0 Å². The van der Waals surface area contributed by atoms with Crippen molar-refractivity contribution in [1.29, 1.82) is 0 Å². The fourth-order valence-electron chi connectivity index (χ4n) is 2.82. The van der Waals surface area contributed by atoms with E-state index in [0.29, 0.717) is 0 Å². The molecule has 0 radical (unpaired) electrons. The molecular formula is C11H22N2. The van der Waals surface area contributed by atoms with Gasteiger partial charge in [-0.25, -0.2) is 0 Å². The van der Waals surface area contributed by atoms with Gasteiger partial charge in [0.05, 0.1) is 0 Å². The van der Waals surface area contributed by atoms with E-state index in [-0.39, 0.29) is 0 Å². The van der Waals surface area contributed by atoms with Crippen LogP contribution in [0.4, 0.5) is 0 Å². The van der Waals surface area contributed by atoms with Crippen molar-refractivity contribution in [1.82, 2.24) is 10.2 Å². The normalized spacial score (nSPS) is 37.6. The molecule has 2 nitrogen and oxygen atoms in total. The summed E-state index contributed by atoms with van der Waals surface area (Å²) in [5.74, 6) is 0. The highest BCUT2D eigenvalue weighted by Gasteiger charge is 2.27. The smallest absolute Gasteiger partial charge is 0.0246 e. The predicted octanol–water partition coefficient (Wildman–Crippen LogP) is 1.61. The van der Waals surface area contributed by atoms with Crippen LogP contribution in [0, 0.1) is 0 Å². The maximum absolute atomic E-state index is 3.68. The van der Waals surface area contributed by atoms with Crippen molar-refractivity contribution in [2.45, 2.75) is 50.6 Å². The van der Waals surface area contributed by atoms with Crippen LogP contribution in [0.5, 0.6) is 0 Å². The van der Waals surface area contributed by atoms with Crippen LogP contribution in [0.3, 0.4) is 0 Å². The first-order valence-corrected chi connectivity index (χ1v) is 5.81. The molecule has 0 bridgehead atoms. The summed E-state index contributed by atoms with van der Waals surface area (Å²) in [6, 6.07) is 1.62. The number of likely N-dealkylation sites (N-methyl/N-ethyl adjacent to an activating group) is 1. The van der Waals surface area contributed by atoms with Gasteiger partial charge in [-0.3, -0.25) is 0 Å². The van der Waals surface area contributed by atoms with Gasteiger partial charge in [0, 0.05) is 12.1 Å². The van der Waals surface area contributed by atoms with Crippen LogP contribution in [0.2, 0.25) is 0 Å². The first-order valence-electron chi connectivity index (χ1n) is 5.81. The summed E-state index contributed by atoms with van der Waals surface area (Å²) in [7, 11) is 2.29. The summed E-state index contributed by atoms with van der Waals surface area (Å²) in [5.41, 5.74) is 0. The van der Waals surface area contributed by atoms with E-state index < -0.39 is 0 Å². The van der Waals surface area contributed by atoms with Crippen molar-refractivity contribution >= 4 is 0 Å². The number of hydrogen-bond acceptors (Lipinski definition) is 2. The van der Waals surface area contributed by atoms with Gasteiger partial charge in [0.15, 0.2) is 0 Å². The summed E-state index contributed by atoms with van der Waals surface area (Å²) < 4.78 is 0. The van der Waals surface area contributed by atoms with E-state index >= 15 is 0 Å². The first-order chi connectivity index (χ1) is 6.38. The number of likely N-dealkylation sites (tertiary alicyclic amines) is 1. The van der Waals surface area contributed by atoms with E-state index in [0.717, 1.165) is 12.1 Å². The molecular weight excluding hydrogens is 160 g/mol. The molecule has 0 amide bonds. The Bertz CT molecular complexity index is 152. The summed E-state index contributed by atoms with van der Waals surface area (Å²) in [5, 5.41) is 3.68. The third-order valence-electron chi connectivity index (χ3n) is 3.64. The van der Waals surface area contributed by atoms with Gasteiger partial charge in [0.2, 0.25) is 0 Å². The van der Waals surface area contributed by atoms with Gasteiger partial charge in [0.25, 0.3) is 0 Å². The Balaban J connectivity index is 1.88. The van der Waals surface area contributed by atoms with Crippen LogP contribution >= 0.6 is 0 Å². The third kappa shape index (κ3) is 2.23. The molecule has 76 valence electrons. The average molecular weight is 182 g/mol. The third-order valence-corrected chi connectivity index (χ3v) is 3.64. The monoisotopic (exact) mass is 182 g/mol. The maximum atomic E-state index is 3.68. The van der Waals surface area contributed by atoms with Crippen LogP contribution in [-0.2, 0) is 0 Å². The topological polar surface area (TPSA) is 15.3 Å². The molecule has 2 aliphatic rings. The van der Waals surface area contributed by atoms with Crippen molar-refractivity contribution in [2.24, 2.45) is 0 Å². The Morgan fingerprint density at radius 3 is 2.62 bits per heavy atom. The van der Waals surface area contributed by atoms with E-state index in [1.165, 1.54) is 51.6 Å². The zero-order valence-electron chi connectivity index (χ0n) is 8.76. The lowest BCUT2D eigenvalue weighted by Gasteiger charge is -2.40. The molecule has 2 heteroatoms. The Labute approximate surface area is 81.7 Å². The SMILES string of the molecule is CN1CCCC[C@@H]1[C@@H]1CCCCN1. The molecule has 2 fully saturated rings. The average Bonchev–Trinajstić information content (AvgIpc) is 2.20. The van der Waals surface area contributed by atoms with Gasteiger partial charge in [-0.1, -0.05) is 12.8 Å². The molecule has 0 spiro atoms. The van der Waals surface area contributed by atoms with Gasteiger partial charge in [-0.05, 0) is 45.8 Å². The van der Waals surface area contributed by atoms with Crippen molar-refractivity contribution in [2.75, 3.05) is 20.1 Å². The van der Waals surface area contributed by atoms with E-state index in [9.17, 15) is 0 Å². The van der Waals surface area contributed by atoms with E-state index in [4.69, 9.17) is 0 Å². The minimum Gasteiger partial charge on any atom is -0.312 e. The number of piperidine rings is 2. The van der Waals surface area contributed by atoms with E-state index in [1.807, 2.05) is 0 Å². The van der Waals surface area contributed by atoms with Crippen LogP contribution in [0.25, 0.3) is 0 Å². The molecule has 2 saturated heterocycles. The molecule has 2 atom stereocenters. The van der Waals surface area contributed by atoms with Crippen molar-refractivity contribution in [3.05, 3.63) is 0 Å². The molecule has 1 N–H and O–H groups in total. The molecule has 0 unspecified atom stereocenters. The van der Waals surface area contributed by atoms with Crippen molar-refractivity contribution in [3.8, 4) is 0 Å². The molecule has 2 aliphatic heterocycles. The molecule has 0 aliphatic carbocycles. The molecule has 13 heavy (non-hydrogen) atoms. The first kappa shape index (κ1) is 9.47. The zero-order chi connectivity index (χ0) is 9.10. The van der Waals surface area contributed by atoms with Crippen LogP contribution in [0.1, 0.15) is 38.5 Å². The number of rotatable bonds is 1. The molecule has 0 aromatic heterocycles. The lowest BCUT2D eigenvalue weighted by atomic mass is 9.91. The molecule has 2 rings (SSSR count). The molecule has 2 heterocycles. The maximum Gasteiger partial charge on any atom is 0.0246 e. The van der Waals surface area contributed by atoms with Gasteiger partial charge in [-0.15, -0.1) is 0 Å². The van der Waals surface area contributed by atoms with Crippen molar-refractivity contribution in [3.63, 3.8) is 0 Å². The van der Waals surface area contributed by atoms with E-state index in [2.05, 4.69) is 17.3 Å². The Morgan fingerprint density at radius 2 is 1.92 bits per heavy atom. The second-order valence-electron chi connectivity index (χ2n) is 4.60. The highest BCUT2D eigenvalue weighted by molar-refractivity contribution is 4.87. The fourth-order valence-corrected chi connectivity index (χ4v) is 2.82. The summed E-state index contributed by atoms with van der Waals surface area (Å²) in [4.78, 5) is 2.56. The Kier molecular flexibility index (Phi) is 3.23. The quantitative estimate of drug-likeness (QED) is 0.663. The lowest BCUT2D eigenvalue weighted by Crippen LogP contribution is -2.52. The second kappa shape index (κ2) is 4.43. The van der Waals surface area contributed by atoms with E-state index in [1.54, 1.807) is 0 Å². The lowest BCUT2D eigenvalue weighted by molar-refractivity contribution is 0.131. The Hall–Kier alpha value is -0.0800. The summed E-state index contributed by atoms with van der Waals surface area (Å²) in [6.07, 6.45) is 8.46. The largest absolute Gasteiger partial charge is 0.312 e. The minimum atomic E-state index is 0.791. The summed E-state index contributed by atoms with van der Waals surface area (Å²) >= 11 is 0. The van der Waals surface area contributed by atoms with Gasteiger partial charge >= 0.3 is 0 Å². The van der Waals surface area contributed by atoms with Gasteiger partial charge in [-0.2, -0.15) is 0 Å². The Morgan fingerprint density at radius 1 is 1.08 bits per heavy atom. The standard InChI is InChI=1S/C11H22N2/c1-13-9-5-3-7-11(13)10-6-2-4-8-12-10/h10-12H,2-9H2,1H3/t10-,11+/m0/s1. The van der Waals surface area contributed by atoms with Crippen LogP contribution < -0.4 is 5.32 Å². The summed E-state index contributed by atoms with van der Waals surface area (Å²) in [6.45, 7) is 2.55. The highest BCUT2D eigenvalue weighted by Crippen LogP contribution is 2.22. The molecule has 0 aromatic rings. The number of nitrogens with one attached hydrogen (secondary N) is 1. The fraction of sp³-hybridized carbons (Fsp3) is 1.00. The predicted molar refractivity (Wildman–Crippen MR) is 55.9 cm³/mol. The number of nitrogens with zero attached hydrogens (tertiary/aromatic N) is 1. The second-order valence-corrected chi connectivity index (χ2v) is 4.60. The van der Waals surface area contributed by atoms with Crippen LogP contribution in [-0.4, -0.2) is 37.1 Å². The van der Waals surface area contributed by atoms with Crippen LogP contribution in [0.15, 0.2) is 0 Å². The highest BCUT2D eigenvalue weighted by atomic mass is 15.2.